The monoisotopic (exact) mass is 250 g/mol. The van der Waals surface area contributed by atoms with Gasteiger partial charge in [-0.05, 0) is 25.8 Å². The molecule has 1 aliphatic rings. The number of nitrogens with two attached hydrogens (primary N) is 1. The highest BCUT2D eigenvalue weighted by molar-refractivity contribution is 4.91. The van der Waals surface area contributed by atoms with Gasteiger partial charge in [0, 0.05) is 32.0 Å². The molecule has 0 aromatic carbocycles. The van der Waals surface area contributed by atoms with Gasteiger partial charge in [-0.25, -0.2) is 4.98 Å². The SMILES string of the molecule is CN(Cc1nccn1C)CC1CCCCCC1N. The van der Waals surface area contributed by atoms with E-state index in [1.165, 1.54) is 32.1 Å². The van der Waals surface area contributed by atoms with Gasteiger partial charge in [0.05, 0.1) is 6.54 Å². The molecule has 2 N–H and O–H groups in total. The summed E-state index contributed by atoms with van der Waals surface area (Å²) in [6, 6.07) is 0.385. The van der Waals surface area contributed by atoms with Gasteiger partial charge < -0.3 is 10.3 Å². The smallest absolute Gasteiger partial charge is 0.122 e. The molecule has 1 fully saturated rings. The van der Waals surface area contributed by atoms with Gasteiger partial charge in [0.25, 0.3) is 0 Å². The highest BCUT2D eigenvalue weighted by Gasteiger charge is 2.21. The molecule has 0 bridgehead atoms. The average molecular weight is 250 g/mol. The largest absolute Gasteiger partial charge is 0.337 e. The molecule has 1 aromatic rings. The van der Waals surface area contributed by atoms with Crippen LogP contribution in [-0.2, 0) is 13.6 Å². The number of imidazole rings is 1. The molecule has 0 aliphatic heterocycles. The van der Waals surface area contributed by atoms with E-state index >= 15 is 0 Å². The van der Waals surface area contributed by atoms with E-state index in [0.717, 1.165) is 18.9 Å². The lowest BCUT2D eigenvalue weighted by Crippen LogP contribution is -2.37. The van der Waals surface area contributed by atoms with Crippen molar-refractivity contribution in [3.63, 3.8) is 0 Å². The topological polar surface area (TPSA) is 47.1 Å². The Morgan fingerprint density at radius 3 is 2.89 bits per heavy atom. The van der Waals surface area contributed by atoms with Crippen LogP contribution in [-0.4, -0.2) is 34.1 Å². The number of aromatic nitrogens is 2. The van der Waals surface area contributed by atoms with Crippen LogP contribution in [0.2, 0.25) is 0 Å². The second-order valence-corrected chi connectivity index (χ2v) is 5.71. The minimum absolute atomic E-state index is 0.385. The zero-order valence-corrected chi connectivity index (χ0v) is 11.7. The van der Waals surface area contributed by atoms with E-state index in [4.69, 9.17) is 5.73 Å². The fourth-order valence-electron chi connectivity index (χ4n) is 2.89. The molecule has 4 nitrogen and oxygen atoms in total. The van der Waals surface area contributed by atoms with Gasteiger partial charge in [0.15, 0.2) is 0 Å². The Hall–Kier alpha value is -0.870. The van der Waals surface area contributed by atoms with Gasteiger partial charge in [-0.2, -0.15) is 0 Å². The highest BCUT2D eigenvalue weighted by Crippen LogP contribution is 2.23. The number of nitrogens with zero attached hydrogens (tertiary/aromatic N) is 3. The van der Waals surface area contributed by atoms with Gasteiger partial charge >= 0.3 is 0 Å². The first kappa shape index (κ1) is 13.6. The third-order valence-corrected chi connectivity index (χ3v) is 4.10. The number of rotatable bonds is 4. The molecule has 1 aromatic heterocycles. The maximum Gasteiger partial charge on any atom is 0.122 e. The van der Waals surface area contributed by atoms with Crippen molar-refractivity contribution in [3.8, 4) is 0 Å². The minimum atomic E-state index is 0.385. The highest BCUT2D eigenvalue weighted by atomic mass is 15.2. The normalized spacial score (nSPS) is 25.3. The van der Waals surface area contributed by atoms with E-state index in [-0.39, 0.29) is 0 Å². The average Bonchev–Trinajstić information content (AvgIpc) is 2.61. The van der Waals surface area contributed by atoms with E-state index in [1.54, 1.807) is 0 Å². The molecule has 2 unspecified atom stereocenters. The van der Waals surface area contributed by atoms with Crippen LogP contribution in [0.25, 0.3) is 0 Å². The summed E-state index contributed by atoms with van der Waals surface area (Å²) in [7, 11) is 4.22. The fraction of sp³-hybridized carbons (Fsp3) is 0.786. The summed E-state index contributed by atoms with van der Waals surface area (Å²) in [5, 5.41) is 0. The Labute approximate surface area is 110 Å². The van der Waals surface area contributed by atoms with Crippen LogP contribution in [0.1, 0.15) is 37.9 Å². The lowest BCUT2D eigenvalue weighted by atomic mass is 9.95. The lowest BCUT2D eigenvalue weighted by molar-refractivity contribution is 0.231. The first-order chi connectivity index (χ1) is 8.66. The van der Waals surface area contributed by atoms with Crippen LogP contribution in [0.4, 0.5) is 0 Å². The second-order valence-electron chi connectivity index (χ2n) is 5.71. The summed E-state index contributed by atoms with van der Waals surface area (Å²) < 4.78 is 2.09. The molecule has 0 saturated heterocycles. The van der Waals surface area contributed by atoms with E-state index < -0.39 is 0 Å². The summed E-state index contributed by atoms with van der Waals surface area (Å²) in [6.07, 6.45) is 10.3. The summed E-state index contributed by atoms with van der Waals surface area (Å²) >= 11 is 0. The van der Waals surface area contributed by atoms with Crippen molar-refractivity contribution < 1.29 is 0 Å². The zero-order valence-electron chi connectivity index (χ0n) is 11.7. The predicted molar refractivity (Wildman–Crippen MR) is 74.1 cm³/mol. The third-order valence-electron chi connectivity index (χ3n) is 4.10. The maximum absolute atomic E-state index is 6.28. The van der Waals surface area contributed by atoms with Gasteiger partial charge in [-0.3, -0.25) is 4.90 Å². The Morgan fingerprint density at radius 2 is 2.17 bits per heavy atom. The second kappa shape index (κ2) is 6.34. The van der Waals surface area contributed by atoms with Crippen molar-refractivity contribution in [1.29, 1.82) is 0 Å². The number of aryl methyl sites for hydroxylation is 1. The van der Waals surface area contributed by atoms with Crippen LogP contribution in [0.3, 0.4) is 0 Å². The van der Waals surface area contributed by atoms with Crippen molar-refractivity contribution in [2.24, 2.45) is 18.7 Å². The van der Waals surface area contributed by atoms with Crippen LogP contribution >= 0.6 is 0 Å². The molecule has 1 saturated carbocycles. The third kappa shape index (κ3) is 3.56. The van der Waals surface area contributed by atoms with Crippen molar-refractivity contribution in [3.05, 3.63) is 18.2 Å². The van der Waals surface area contributed by atoms with Crippen molar-refractivity contribution >= 4 is 0 Å². The first-order valence-corrected chi connectivity index (χ1v) is 7.07. The maximum atomic E-state index is 6.28. The molecule has 2 atom stereocenters. The Bertz CT molecular complexity index is 360. The standard InChI is InChI=1S/C14H26N4/c1-17(11-14-16-8-9-18(14)2)10-12-6-4-3-5-7-13(12)15/h8-9,12-13H,3-7,10-11,15H2,1-2H3. The number of hydrogen-bond acceptors (Lipinski definition) is 3. The lowest BCUT2D eigenvalue weighted by Gasteiger charge is -2.26. The van der Waals surface area contributed by atoms with Gasteiger partial charge in [0.1, 0.15) is 5.82 Å². The first-order valence-electron chi connectivity index (χ1n) is 7.07. The predicted octanol–water partition coefficient (Wildman–Crippen LogP) is 1.76. The van der Waals surface area contributed by atoms with Crippen LogP contribution < -0.4 is 5.73 Å². The summed E-state index contributed by atoms with van der Waals surface area (Å²) in [5.41, 5.74) is 6.28. The molecule has 0 amide bonds. The van der Waals surface area contributed by atoms with E-state index in [2.05, 4.69) is 21.5 Å². The Morgan fingerprint density at radius 1 is 1.39 bits per heavy atom. The molecule has 1 aliphatic carbocycles. The van der Waals surface area contributed by atoms with E-state index in [9.17, 15) is 0 Å². The molecule has 1 heterocycles. The fourth-order valence-corrected chi connectivity index (χ4v) is 2.89. The van der Waals surface area contributed by atoms with Crippen LogP contribution in [0.15, 0.2) is 12.4 Å². The van der Waals surface area contributed by atoms with Gasteiger partial charge in [-0.1, -0.05) is 19.3 Å². The summed E-state index contributed by atoms with van der Waals surface area (Å²) in [6.45, 7) is 2.00. The molecule has 4 heteroatoms. The molecule has 2 rings (SSSR count). The Kier molecular flexibility index (Phi) is 4.78. The molecule has 0 radical (unpaired) electrons. The molecular formula is C14H26N4. The molecule has 102 valence electrons. The zero-order chi connectivity index (χ0) is 13.0. The Balaban J connectivity index is 1.86. The van der Waals surface area contributed by atoms with Gasteiger partial charge in [-0.15, -0.1) is 0 Å². The summed E-state index contributed by atoms with van der Waals surface area (Å²) in [4.78, 5) is 6.74. The van der Waals surface area contributed by atoms with E-state index in [1.807, 2.05) is 19.4 Å². The van der Waals surface area contributed by atoms with E-state index in [0.29, 0.717) is 12.0 Å². The van der Waals surface area contributed by atoms with Crippen LogP contribution in [0, 0.1) is 5.92 Å². The van der Waals surface area contributed by atoms with Crippen molar-refractivity contribution in [2.75, 3.05) is 13.6 Å². The molecule has 18 heavy (non-hydrogen) atoms. The number of hydrogen-bond donors (Lipinski definition) is 1. The summed E-state index contributed by atoms with van der Waals surface area (Å²) in [5.74, 6) is 1.78. The molecular weight excluding hydrogens is 224 g/mol. The van der Waals surface area contributed by atoms with Crippen LogP contribution in [0.5, 0.6) is 0 Å². The minimum Gasteiger partial charge on any atom is -0.337 e. The van der Waals surface area contributed by atoms with Crippen molar-refractivity contribution in [1.82, 2.24) is 14.5 Å². The van der Waals surface area contributed by atoms with Gasteiger partial charge in [0.2, 0.25) is 0 Å². The van der Waals surface area contributed by atoms with Crippen molar-refractivity contribution in [2.45, 2.75) is 44.7 Å². The molecule has 0 spiro atoms. The quantitative estimate of drug-likeness (QED) is 0.828.